The summed E-state index contributed by atoms with van der Waals surface area (Å²) in [7, 11) is 0. The van der Waals surface area contributed by atoms with Crippen molar-refractivity contribution >= 4 is 35.1 Å². The molecule has 0 saturated carbocycles. The number of para-hydroxylation sites is 1. The van der Waals surface area contributed by atoms with E-state index < -0.39 is 0 Å². The summed E-state index contributed by atoms with van der Waals surface area (Å²) in [5, 5.41) is 11.9. The lowest BCUT2D eigenvalue weighted by Crippen LogP contribution is -2.15. The fourth-order valence-electron chi connectivity index (χ4n) is 2.15. The van der Waals surface area contributed by atoms with E-state index >= 15 is 0 Å². The van der Waals surface area contributed by atoms with Crippen molar-refractivity contribution in [3.63, 3.8) is 0 Å². The summed E-state index contributed by atoms with van der Waals surface area (Å²) in [6, 6.07) is 7.93. The van der Waals surface area contributed by atoms with Crippen LogP contribution in [0.25, 0.3) is 0 Å². The van der Waals surface area contributed by atoms with Crippen molar-refractivity contribution in [3.05, 3.63) is 42.7 Å². The van der Waals surface area contributed by atoms with Gasteiger partial charge in [0.15, 0.2) is 5.16 Å². The van der Waals surface area contributed by atoms with Crippen molar-refractivity contribution in [2.75, 3.05) is 16.8 Å². The summed E-state index contributed by atoms with van der Waals surface area (Å²) in [6.45, 7) is 8.45. The first-order valence-electron chi connectivity index (χ1n) is 8.30. The van der Waals surface area contributed by atoms with Crippen molar-refractivity contribution in [1.82, 2.24) is 14.8 Å². The van der Waals surface area contributed by atoms with Gasteiger partial charge in [-0.3, -0.25) is 4.79 Å². The minimum atomic E-state index is -0.0423. The van der Waals surface area contributed by atoms with Crippen LogP contribution in [0, 0.1) is 6.92 Å². The van der Waals surface area contributed by atoms with Gasteiger partial charge in [0.2, 0.25) is 5.91 Å². The van der Waals surface area contributed by atoms with Crippen molar-refractivity contribution in [3.8, 4) is 0 Å². The summed E-state index contributed by atoms with van der Waals surface area (Å²) in [5.74, 6) is 2.13. The van der Waals surface area contributed by atoms with Crippen LogP contribution < -0.4 is 5.32 Å². The molecule has 2 rings (SSSR count). The third kappa shape index (κ3) is 5.93. The maximum Gasteiger partial charge on any atom is 0.234 e. The first kappa shape index (κ1) is 19.6. The number of hydrogen-bond donors (Lipinski definition) is 1. The van der Waals surface area contributed by atoms with E-state index in [1.165, 1.54) is 24.6 Å². The summed E-state index contributed by atoms with van der Waals surface area (Å²) in [4.78, 5) is 13.4. The van der Waals surface area contributed by atoms with Crippen LogP contribution in [0.15, 0.2) is 47.0 Å². The molecule has 1 amide bonds. The fraction of sp³-hybridized carbons (Fsp3) is 0.389. The van der Waals surface area contributed by atoms with Gasteiger partial charge in [0.05, 0.1) is 11.4 Å². The Morgan fingerprint density at radius 1 is 1.32 bits per heavy atom. The second-order valence-corrected chi connectivity index (χ2v) is 7.54. The molecule has 0 atom stereocenters. The zero-order valence-electron chi connectivity index (χ0n) is 14.7. The highest BCUT2D eigenvalue weighted by Crippen LogP contribution is 2.28. The molecule has 0 aliphatic carbocycles. The molecule has 0 fully saturated rings. The van der Waals surface area contributed by atoms with Gasteiger partial charge in [0, 0.05) is 11.4 Å². The maximum absolute atomic E-state index is 12.3. The second kappa shape index (κ2) is 10.3. The molecule has 25 heavy (non-hydrogen) atoms. The number of anilines is 1. The van der Waals surface area contributed by atoms with Crippen LogP contribution in [-0.4, -0.2) is 32.2 Å². The van der Waals surface area contributed by atoms with E-state index in [0.29, 0.717) is 12.3 Å². The van der Waals surface area contributed by atoms with Gasteiger partial charge in [0.1, 0.15) is 5.82 Å². The number of carbonyl (C=O) groups excluding carboxylic acids is 1. The highest BCUT2D eigenvalue weighted by Gasteiger charge is 2.12. The minimum Gasteiger partial charge on any atom is -0.324 e. The number of aryl methyl sites for hydroxylation is 1. The van der Waals surface area contributed by atoms with E-state index in [4.69, 9.17) is 0 Å². The van der Waals surface area contributed by atoms with Crippen LogP contribution in [0.5, 0.6) is 0 Å². The van der Waals surface area contributed by atoms with Gasteiger partial charge in [-0.15, -0.1) is 28.5 Å². The molecule has 2 aromatic rings. The number of amides is 1. The number of benzene rings is 1. The molecule has 0 spiro atoms. The molecule has 1 N–H and O–H groups in total. The molecule has 1 heterocycles. The Morgan fingerprint density at radius 3 is 2.88 bits per heavy atom. The van der Waals surface area contributed by atoms with Gasteiger partial charge in [-0.25, -0.2) is 0 Å². The molecule has 0 aliphatic rings. The first-order valence-corrected chi connectivity index (χ1v) is 10.3. The third-order valence-corrected chi connectivity index (χ3v) is 5.59. The largest absolute Gasteiger partial charge is 0.324 e. The number of allylic oxidation sites excluding steroid dienone is 1. The number of nitrogens with zero attached hydrogens (tertiary/aromatic N) is 3. The standard InChI is InChI=1S/C18H24N4OS2/c1-4-6-12-24-16-10-8-7-9-15(16)19-17(23)13-25-18-21-20-14(3)22(18)11-5-2/h5,7-10H,2,4,6,11-13H2,1,3H3,(H,19,23). The van der Waals surface area contributed by atoms with Gasteiger partial charge in [-0.05, 0) is 31.2 Å². The number of aromatic nitrogens is 3. The Kier molecular flexibility index (Phi) is 8.08. The van der Waals surface area contributed by atoms with E-state index in [9.17, 15) is 4.79 Å². The van der Waals surface area contributed by atoms with Crippen molar-refractivity contribution in [2.45, 2.75) is 43.3 Å². The summed E-state index contributed by atoms with van der Waals surface area (Å²) >= 11 is 3.17. The van der Waals surface area contributed by atoms with E-state index in [0.717, 1.165) is 27.3 Å². The van der Waals surface area contributed by atoms with Crippen LogP contribution >= 0.6 is 23.5 Å². The molecule has 134 valence electrons. The smallest absolute Gasteiger partial charge is 0.234 e. The molecule has 0 bridgehead atoms. The molecule has 0 unspecified atom stereocenters. The van der Waals surface area contributed by atoms with Gasteiger partial charge in [0.25, 0.3) is 0 Å². The van der Waals surface area contributed by atoms with Crippen molar-refractivity contribution < 1.29 is 4.79 Å². The van der Waals surface area contributed by atoms with Gasteiger partial charge >= 0.3 is 0 Å². The third-order valence-electron chi connectivity index (χ3n) is 3.46. The average molecular weight is 377 g/mol. The molecule has 5 nitrogen and oxygen atoms in total. The van der Waals surface area contributed by atoms with Crippen LogP contribution in [0.2, 0.25) is 0 Å². The fourth-order valence-corrected chi connectivity index (χ4v) is 4.04. The first-order chi connectivity index (χ1) is 12.2. The Morgan fingerprint density at radius 2 is 2.12 bits per heavy atom. The van der Waals surface area contributed by atoms with E-state index in [-0.39, 0.29) is 5.91 Å². The number of nitrogens with one attached hydrogen (secondary N) is 1. The van der Waals surface area contributed by atoms with Crippen molar-refractivity contribution in [1.29, 1.82) is 0 Å². The number of carbonyl (C=O) groups is 1. The Balaban J connectivity index is 1.93. The monoisotopic (exact) mass is 376 g/mol. The highest BCUT2D eigenvalue weighted by molar-refractivity contribution is 8.00. The minimum absolute atomic E-state index is 0.0423. The van der Waals surface area contributed by atoms with Gasteiger partial charge < -0.3 is 9.88 Å². The van der Waals surface area contributed by atoms with Crippen LogP contribution in [0.1, 0.15) is 25.6 Å². The molecule has 0 saturated heterocycles. The average Bonchev–Trinajstić information content (AvgIpc) is 2.95. The van der Waals surface area contributed by atoms with E-state index in [2.05, 4.69) is 29.0 Å². The Bertz CT molecular complexity index is 715. The van der Waals surface area contributed by atoms with E-state index in [1.807, 2.05) is 35.8 Å². The number of hydrogen-bond acceptors (Lipinski definition) is 5. The second-order valence-electron chi connectivity index (χ2n) is 5.46. The number of thioether (sulfide) groups is 2. The zero-order valence-corrected chi connectivity index (χ0v) is 16.3. The number of unbranched alkanes of at least 4 members (excludes halogenated alkanes) is 1. The van der Waals surface area contributed by atoms with Crippen LogP contribution in [0.3, 0.4) is 0 Å². The Hall–Kier alpha value is -1.73. The molecule has 0 aliphatic heterocycles. The maximum atomic E-state index is 12.3. The molecular weight excluding hydrogens is 352 g/mol. The van der Waals surface area contributed by atoms with Gasteiger partial charge in [-0.2, -0.15) is 0 Å². The predicted molar refractivity (Wildman–Crippen MR) is 106 cm³/mol. The summed E-state index contributed by atoms with van der Waals surface area (Å²) in [5.41, 5.74) is 0.873. The molecule has 1 aromatic heterocycles. The highest BCUT2D eigenvalue weighted by atomic mass is 32.2. The Labute approximate surface area is 157 Å². The molecule has 0 radical (unpaired) electrons. The summed E-state index contributed by atoms with van der Waals surface area (Å²) < 4.78 is 1.94. The SMILES string of the molecule is C=CCn1c(C)nnc1SCC(=O)Nc1ccccc1SCCCC. The van der Waals surface area contributed by atoms with Gasteiger partial charge in [-0.1, -0.05) is 43.3 Å². The van der Waals surface area contributed by atoms with E-state index in [1.54, 1.807) is 17.8 Å². The zero-order chi connectivity index (χ0) is 18.1. The number of rotatable bonds is 10. The lowest BCUT2D eigenvalue weighted by Gasteiger charge is -2.10. The lowest BCUT2D eigenvalue weighted by atomic mass is 10.3. The topological polar surface area (TPSA) is 59.8 Å². The molecule has 1 aromatic carbocycles. The quantitative estimate of drug-likeness (QED) is 0.378. The predicted octanol–water partition coefficient (Wildman–Crippen LogP) is 4.40. The molecule has 7 heteroatoms. The summed E-state index contributed by atoms with van der Waals surface area (Å²) in [6.07, 6.45) is 4.13. The molecular formula is C18H24N4OS2. The van der Waals surface area contributed by atoms with Crippen LogP contribution in [0.4, 0.5) is 5.69 Å². The normalized spacial score (nSPS) is 10.6. The van der Waals surface area contributed by atoms with Crippen LogP contribution in [-0.2, 0) is 11.3 Å². The van der Waals surface area contributed by atoms with Crippen molar-refractivity contribution in [2.24, 2.45) is 0 Å². The lowest BCUT2D eigenvalue weighted by molar-refractivity contribution is -0.113.